The molecule has 0 aliphatic carbocycles. The molecule has 7 heteroatoms. The molecule has 4 rings (SSSR count). The van der Waals surface area contributed by atoms with Gasteiger partial charge in [-0.3, -0.25) is 4.79 Å². The number of thiophene rings is 1. The van der Waals surface area contributed by atoms with Gasteiger partial charge < -0.3 is 19.5 Å². The number of hydrogen-bond donors (Lipinski definition) is 1. The third-order valence-electron chi connectivity index (χ3n) is 3.78. The molecule has 2 aromatic heterocycles. The molecule has 1 aliphatic rings. The quantitative estimate of drug-likeness (QED) is 0.737. The highest BCUT2D eigenvalue weighted by Crippen LogP contribution is 2.35. The summed E-state index contributed by atoms with van der Waals surface area (Å²) in [6.07, 6.45) is 1.67. The summed E-state index contributed by atoms with van der Waals surface area (Å²) in [4.78, 5) is 17.1. The van der Waals surface area contributed by atoms with Crippen LogP contribution < -0.4 is 19.5 Å². The summed E-state index contributed by atoms with van der Waals surface area (Å²) in [5.74, 6) is 2.45. The monoisotopic (exact) mass is 368 g/mol. The van der Waals surface area contributed by atoms with Crippen molar-refractivity contribution in [2.24, 2.45) is 0 Å². The Morgan fingerprint density at radius 1 is 1.23 bits per heavy atom. The maximum Gasteiger partial charge on any atom is 0.266 e. The van der Waals surface area contributed by atoms with Gasteiger partial charge in [0, 0.05) is 17.8 Å². The number of hydrogen-bond acceptors (Lipinski definition) is 6. The second-order valence-corrected chi connectivity index (χ2v) is 6.71. The summed E-state index contributed by atoms with van der Waals surface area (Å²) >= 11 is 1.37. The number of fused-ring (bicyclic) bond motifs is 1. The molecule has 6 nitrogen and oxygen atoms in total. The number of anilines is 1. The van der Waals surface area contributed by atoms with Gasteiger partial charge >= 0.3 is 0 Å². The van der Waals surface area contributed by atoms with Crippen molar-refractivity contribution in [3.63, 3.8) is 0 Å². The Bertz CT molecular complexity index is 954. The number of pyridine rings is 1. The van der Waals surface area contributed by atoms with Crippen molar-refractivity contribution in [3.8, 4) is 17.2 Å². The van der Waals surface area contributed by atoms with E-state index in [1.165, 1.54) is 11.3 Å². The average molecular weight is 368 g/mol. The Balaban J connectivity index is 1.37. The molecule has 26 heavy (non-hydrogen) atoms. The lowest BCUT2D eigenvalue weighted by Gasteiger charge is -2.05. The van der Waals surface area contributed by atoms with Crippen LogP contribution in [-0.2, 0) is 6.61 Å². The van der Waals surface area contributed by atoms with Gasteiger partial charge in [0.15, 0.2) is 11.5 Å². The Morgan fingerprint density at radius 3 is 3.00 bits per heavy atom. The van der Waals surface area contributed by atoms with E-state index in [2.05, 4.69) is 10.3 Å². The zero-order chi connectivity index (χ0) is 17.9. The van der Waals surface area contributed by atoms with Crippen molar-refractivity contribution in [2.45, 2.75) is 13.5 Å². The van der Waals surface area contributed by atoms with Crippen LogP contribution in [0.3, 0.4) is 0 Å². The van der Waals surface area contributed by atoms with Crippen LogP contribution in [0.5, 0.6) is 17.2 Å². The molecule has 1 aliphatic heterocycles. The largest absolute Gasteiger partial charge is 0.489 e. The van der Waals surface area contributed by atoms with Crippen LogP contribution in [0.1, 0.15) is 20.8 Å². The molecule has 3 heterocycles. The first-order chi connectivity index (χ1) is 12.7. The predicted octanol–water partition coefficient (Wildman–Crippen LogP) is 4.01. The zero-order valence-corrected chi connectivity index (χ0v) is 14.8. The van der Waals surface area contributed by atoms with Gasteiger partial charge in [-0.15, -0.1) is 11.3 Å². The summed E-state index contributed by atoms with van der Waals surface area (Å²) in [6, 6.07) is 11.0. The fraction of sp³-hybridized carbons (Fsp3) is 0.158. The van der Waals surface area contributed by atoms with Gasteiger partial charge in [0.1, 0.15) is 18.2 Å². The van der Waals surface area contributed by atoms with Gasteiger partial charge in [0.2, 0.25) is 6.79 Å². The van der Waals surface area contributed by atoms with Crippen molar-refractivity contribution >= 4 is 23.1 Å². The SMILES string of the molecule is Cc1ccnc(NC(=O)c2cc(COc3ccc4c(c3)OCO4)cs2)c1. The Labute approximate surface area is 154 Å². The zero-order valence-electron chi connectivity index (χ0n) is 14.0. The molecule has 1 aromatic carbocycles. The van der Waals surface area contributed by atoms with E-state index in [9.17, 15) is 4.79 Å². The fourth-order valence-electron chi connectivity index (χ4n) is 2.49. The highest BCUT2D eigenvalue weighted by Gasteiger charge is 2.14. The molecule has 1 N–H and O–H groups in total. The number of carbonyl (C=O) groups excluding carboxylic acids is 1. The van der Waals surface area contributed by atoms with Crippen LogP contribution in [0.25, 0.3) is 0 Å². The summed E-state index contributed by atoms with van der Waals surface area (Å²) in [5, 5.41) is 4.71. The van der Waals surface area contributed by atoms with Gasteiger partial charge in [-0.2, -0.15) is 0 Å². The molecule has 0 bridgehead atoms. The van der Waals surface area contributed by atoms with E-state index < -0.39 is 0 Å². The first-order valence-electron chi connectivity index (χ1n) is 8.01. The first-order valence-corrected chi connectivity index (χ1v) is 8.89. The second-order valence-electron chi connectivity index (χ2n) is 5.80. The topological polar surface area (TPSA) is 69.7 Å². The van der Waals surface area contributed by atoms with Crippen LogP contribution in [-0.4, -0.2) is 17.7 Å². The number of nitrogens with zero attached hydrogens (tertiary/aromatic N) is 1. The number of rotatable bonds is 5. The molecule has 3 aromatic rings. The number of aryl methyl sites for hydroxylation is 1. The number of nitrogens with one attached hydrogen (secondary N) is 1. The molecular weight excluding hydrogens is 352 g/mol. The van der Waals surface area contributed by atoms with Crippen molar-refractivity contribution in [2.75, 3.05) is 12.1 Å². The molecular formula is C19H16N2O4S. The highest BCUT2D eigenvalue weighted by atomic mass is 32.1. The van der Waals surface area contributed by atoms with E-state index in [-0.39, 0.29) is 12.7 Å². The number of aromatic nitrogens is 1. The van der Waals surface area contributed by atoms with Gasteiger partial charge in [0.05, 0.1) is 4.88 Å². The van der Waals surface area contributed by atoms with E-state index in [1.807, 2.05) is 42.6 Å². The van der Waals surface area contributed by atoms with Gasteiger partial charge in [-0.1, -0.05) is 0 Å². The summed E-state index contributed by atoms with van der Waals surface area (Å²) in [7, 11) is 0. The summed E-state index contributed by atoms with van der Waals surface area (Å²) in [5.41, 5.74) is 1.97. The standard InChI is InChI=1S/C19H16N2O4S/c1-12-4-5-20-18(6-12)21-19(22)17-7-13(10-26-17)9-23-14-2-3-15-16(8-14)25-11-24-15/h2-8,10H,9,11H2,1H3,(H,20,21,22). The van der Waals surface area contributed by atoms with Crippen LogP contribution >= 0.6 is 11.3 Å². The lowest BCUT2D eigenvalue weighted by molar-refractivity contribution is 0.103. The second kappa shape index (κ2) is 7.05. The molecule has 1 amide bonds. The first kappa shape index (κ1) is 16.4. The maximum atomic E-state index is 12.3. The molecule has 0 fully saturated rings. The molecule has 0 spiro atoms. The Morgan fingerprint density at radius 2 is 2.12 bits per heavy atom. The van der Waals surface area contributed by atoms with E-state index in [0.717, 1.165) is 16.9 Å². The highest BCUT2D eigenvalue weighted by molar-refractivity contribution is 7.12. The minimum absolute atomic E-state index is 0.178. The lowest BCUT2D eigenvalue weighted by atomic mass is 10.3. The molecule has 0 saturated heterocycles. The third-order valence-corrected chi connectivity index (χ3v) is 4.76. The number of amides is 1. The number of carbonyl (C=O) groups is 1. The number of ether oxygens (including phenoxy) is 3. The van der Waals surface area contributed by atoms with E-state index >= 15 is 0 Å². The van der Waals surface area contributed by atoms with Gasteiger partial charge in [-0.25, -0.2) is 4.98 Å². The normalized spacial score (nSPS) is 12.0. The Hall–Kier alpha value is -3.06. The predicted molar refractivity (Wildman–Crippen MR) is 98.1 cm³/mol. The molecule has 0 unspecified atom stereocenters. The summed E-state index contributed by atoms with van der Waals surface area (Å²) in [6.45, 7) is 2.55. The minimum Gasteiger partial charge on any atom is -0.489 e. The van der Waals surface area contributed by atoms with Crippen molar-refractivity contribution < 1.29 is 19.0 Å². The van der Waals surface area contributed by atoms with E-state index in [1.54, 1.807) is 12.3 Å². The summed E-state index contributed by atoms with van der Waals surface area (Å²) < 4.78 is 16.4. The van der Waals surface area contributed by atoms with Gasteiger partial charge in [0.25, 0.3) is 5.91 Å². The van der Waals surface area contributed by atoms with Crippen molar-refractivity contribution in [1.29, 1.82) is 0 Å². The minimum atomic E-state index is -0.178. The third kappa shape index (κ3) is 3.62. The van der Waals surface area contributed by atoms with Crippen LogP contribution in [0.2, 0.25) is 0 Å². The average Bonchev–Trinajstić information content (AvgIpc) is 3.29. The van der Waals surface area contributed by atoms with Crippen molar-refractivity contribution in [1.82, 2.24) is 4.98 Å². The van der Waals surface area contributed by atoms with E-state index in [0.29, 0.717) is 28.8 Å². The molecule has 0 saturated carbocycles. The molecule has 132 valence electrons. The smallest absolute Gasteiger partial charge is 0.266 e. The van der Waals surface area contributed by atoms with Crippen molar-refractivity contribution in [3.05, 3.63) is 64.0 Å². The van der Waals surface area contributed by atoms with Crippen LogP contribution in [0, 0.1) is 6.92 Å². The van der Waals surface area contributed by atoms with Gasteiger partial charge in [-0.05, 0) is 48.2 Å². The maximum absolute atomic E-state index is 12.3. The molecule has 0 radical (unpaired) electrons. The lowest BCUT2D eigenvalue weighted by Crippen LogP contribution is -2.11. The van der Waals surface area contributed by atoms with Crippen LogP contribution in [0.4, 0.5) is 5.82 Å². The fourth-order valence-corrected chi connectivity index (χ4v) is 3.28. The van der Waals surface area contributed by atoms with E-state index in [4.69, 9.17) is 14.2 Å². The van der Waals surface area contributed by atoms with Crippen LogP contribution in [0.15, 0.2) is 48.0 Å². The molecule has 0 atom stereocenters. The number of benzene rings is 1. The Kier molecular flexibility index (Phi) is 4.45.